The third-order valence-corrected chi connectivity index (χ3v) is 6.36. The van der Waals surface area contributed by atoms with Crippen LogP contribution in [0, 0.1) is 5.92 Å². The third kappa shape index (κ3) is 3.52. The number of carbonyl (C=O) groups excluding carboxylic acids is 2. The Hall–Kier alpha value is -2.32. The van der Waals surface area contributed by atoms with Crippen LogP contribution in [0.2, 0.25) is 0 Å². The second-order valence-electron chi connectivity index (χ2n) is 8.54. The van der Waals surface area contributed by atoms with Crippen molar-refractivity contribution in [1.29, 1.82) is 0 Å². The second-order valence-corrected chi connectivity index (χ2v) is 8.54. The molecular formula is C22H28O8. The molecule has 3 fully saturated rings. The molecule has 164 valence electrons. The van der Waals surface area contributed by atoms with Gasteiger partial charge in [0.15, 0.2) is 11.7 Å². The van der Waals surface area contributed by atoms with Crippen LogP contribution in [0.4, 0.5) is 0 Å². The number of hydrogen-bond donors (Lipinski definition) is 0. The molecule has 0 amide bonds. The SMILES string of the molecule is COc1cc(OC)cc(C2(C3C(=O)OC(C)(C)OC3=O)CCC3(CC2)OCCO3)c1. The molecule has 3 aliphatic rings. The number of hydrogen-bond acceptors (Lipinski definition) is 8. The monoisotopic (exact) mass is 420 g/mol. The Balaban J connectivity index is 1.79. The van der Waals surface area contributed by atoms with E-state index in [4.69, 9.17) is 28.4 Å². The molecule has 2 heterocycles. The molecule has 30 heavy (non-hydrogen) atoms. The highest BCUT2D eigenvalue weighted by Crippen LogP contribution is 2.53. The second kappa shape index (κ2) is 7.42. The Morgan fingerprint density at radius 1 is 0.833 bits per heavy atom. The van der Waals surface area contributed by atoms with E-state index in [-0.39, 0.29) is 0 Å². The highest BCUT2D eigenvalue weighted by molar-refractivity contribution is 5.98. The molecule has 0 unspecified atom stereocenters. The molecule has 1 saturated carbocycles. The van der Waals surface area contributed by atoms with Gasteiger partial charge in [-0.05, 0) is 30.5 Å². The summed E-state index contributed by atoms with van der Waals surface area (Å²) >= 11 is 0. The summed E-state index contributed by atoms with van der Waals surface area (Å²) in [4.78, 5) is 26.1. The zero-order valence-corrected chi connectivity index (χ0v) is 17.8. The van der Waals surface area contributed by atoms with E-state index in [1.807, 2.05) is 12.1 Å². The van der Waals surface area contributed by atoms with E-state index >= 15 is 0 Å². The molecule has 4 rings (SSSR count). The van der Waals surface area contributed by atoms with E-state index in [1.54, 1.807) is 34.1 Å². The maximum absolute atomic E-state index is 13.1. The van der Waals surface area contributed by atoms with Gasteiger partial charge in [0.05, 0.1) is 27.4 Å². The van der Waals surface area contributed by atoms with Gasteiger partial charge in [0.25, 0.3) is 5.79 Å². The minimum Gasteiger partial charge on any atom is -0.497 e. The molecule has 0 atom stereocenters. The largest absolute Gasteiger partial charge is 0.497 e. The van der Waals surface area contributed by atoms with Crippen molar-refractivity contribution in [3.05, 3.63) is 23.8 Å². The van der Waals surface area contributed by atoms with Crippen molar-refractivity contribution in [2.75, 3.05) is 27.4 Å². The van der Waals surface area contributed by atoms with E-state index in [0.717, 1.165) is 5.56 Å². The van der Waals surface area contributed by atoms with Gasteiger partial charge in [-0.25, -0.2) is 0 Å². The van der Waals surface area contributed by atoms with Crippen molar-refractivity contribution in [2.24, 2.45) is 5.92 Å². The van der Waals surface area contributed by atoms with Gasteiger partial charge in [-0.1, -0.05) is 0 Å². The molecule has 8 nitrogen and oxygen atoms in total. The topological polar surface area (TPSA) is 89.5 Å². The van der Waals surface area contributed by atoms with Crippen LogP contribution < -0.4 is 9.47 Å². The van der Waals surface area contributed by atoms with Gasteiger partial charge in [-0.3, -0.25) is 9.59 Å². The van der Waals surface area contributed by atoms with Crippen molar-refractivity contribution >= 4 is 11.9 Å². The molecule has 2 aliphatic heterocycles. The third-order valence-electron chi connectivity index (χ3n) is 6.36. The van der Waals surface area contributed by atoms with Gasteiger partial charge in [0.1, 0.15) is 11.5 Å². The molecule has 0 aromatic heterocycles. The highest BCUT2D eigenvalue weighted by atomic mass is 16.7. The Morgan fingerprint density at radius 3 is 1.80 bits per heavy atom. The van der Waals surface area contributed by atoms with Gasteiger partial charge in [-0.15, -0.1) is 0 Å². The average Bonchev–Trinajstić information content (AvgIpc) is 3.16. The molecule has 1 aliphatic carbocycles. The Labute approximate surface area is 175 Å². The highest BCUT2D eigenvalue weighted by Gasteiger charge is 2.59. The summed E-state index contributed by atoms with van der Waals surface area (Å²) in [6.07, 6.45) is 2.07. The number of rotatable bonds is 4. The zero-order valence-electron chi connectivity index (χ0n) is 17.8. The minimum absolute atomic E-state index is 0.485. The van der Waals surface area contributed by atoms with Crippen LogP contribution in [0.3, 0.4) is 0 Å². The van der Waals surface area contributed by atoms with Crippen LogP contribution >= 0.6 is 0 Å². The van der Waals surface area contributed by atoms with Crippen LogP contribution in [0.15, 0.2) is 18.2 Å². The summed E-state index contributed by atoms with van der Waals surface area (Å²) < 4.78 is 33.6. The summed E-state index contributed by atoms with van der Waals surface area (Å²) in [6, 6.07) is 5.44. The van der Waals surface area contributed by atoms with Gasteiger partial charge in [-0.2, -0.15) is 0 Å². The fraction of sp³-hybridized carbons (Fsp3) is 0.636. The fourth-order valence-electron chi connectivity index (χ4n) is 4.87. The first-order valence-corrected chi connectivity index (χ1v) is 10.2. The summed E-state index contributed by atoms with van der Waals surface area (Å²) in [5.74, 6) is -3.05. The number of esters is 2. The van der Waals surface area contributed by atoms with Gasteiger partial charge in [0, 0.05) is 38.2 Å². The van der Waals surface area contributed by atoms with E-state index in [9.17, 15) is 9.59 Å². The van der Waals surface area contributed by atoms with Gasteiger partial charge in [0.2, 0.25) is 0 Å². The molecule has 2 saturated heterocycles. The Kier molecular flexibility index (Phi) is 5.18. The summed E-state index contributed by atoms with van der Waals surface area (Å²) in [5, 5.41) is 0. The van der Waals surface area contributed by atoms with Crippen molar-refractivity contribution in [3.63, 3.8) is 0 Å². The summed E-state index contributed by atoms with van der Waals surface area (Å²) in [7, 11) is 3.12. The van der Waals surface area contributed by atoms with Crippen molar-refractivity contribution in [3.8, 4) is 11.5 Å². The van der Waals surface area contributed by atoms with Crippen molar-refractivity contribution in [1.82, 2.24) is 0 Å². The van der Waals surface area contributed by atoms with Crippen LogP contribution in [-0.4, -0.2) is 50.9 Å². The maximum Gasteiger partial charge on any atom is 0.324 e. The smallest absolute Gasteiger partial charge is 0.324 e. The van der Waals surface area contributed by atoms with Crippen LogP contribution in [0.25, 0.3) is 0 Å². The first-order valence-electron chi connectivity index (χ1n) is 10.2. The van der Waals surface area contributed by atoms with Crippen molar-refractivity contribution in [2.45, 2.75) is 56.5 Å². The summed E-state index contributed by atoms with van der Waals surface area (Å²) in [5.41, 5.74) is -0.0855. The molecule has 1 aromatic carbocycles. The fourth-order valence-corrected chi connectivity index (χ4v) is 4.87. The summed E-state index contributed by atoms with van der Waals surface area (Å²) in [6.45, 7) is 4.19. The lowest BCUT2D eigenvalue weighted by atomic mass is 9.60. The predicted octanol–water partition coefficient (Wildman–Crippen LogP) is 2.71. The number of carbonyl (C=O) groups is 2. The van der Waals surface area contributed by atoms with Gasteiger partial charge >= 0.3 is 11.9 Å². The predicted molar refractivity (Wildman–Crippen MR) is 104 cm³/mol. The lowest BCUT2D eigenvalue weighted by Crippen LogP contribution is -2.56. The molecule has 1 aromatic rings. The lowest BCUT2D eigenvalue weighted by Gasteiger charge is -2.48. The number of cyclic esters (lactones) is 2. The molecule has 0 radical (unpaired) electrons. The van der Waals surface area contributed by atoms with Crippen molar-refractivity contribution < 1.29 is 38.0 Å². The Bertz CT molecular complexity index is 787. The normalized spacial score (nSPS) is 28.1. The maximum atomic E-state index is 13.1. The van der Waals surface area contributed by atoms with Crippen LogP contribution in [-0.2, 0) is 34.0 Å². The van der Waals surface area contributed by atoms with Crippen LogP contribution in [0.1, 0.15) is 45.1 Å². The number of methoxy groups -OCH3 is 2. The van der Waals surface area contributed by atoms with E-state index in [0.29, 0.717) is 50.4 Å². The number of ether oxygens (including phenoxy) is 6. The minimum atomic E-state index is -1.29. The molecule has 1 spiro atoms. The van der Waals surface area contributed by atoms with Gasteiger partial charge < -0.3 is 28.4 Å². The van der Waals surface area contributed by atoms with Crippen LogP contribution in [0.5, 0.6) is 11.5 Å². The quantitative estimate of drug-likeness (QED) is 0.543. The molecular weight excluding hydrogens is 392 g/mol. The van der Waals surface area contributed by atoms with E-state index in [2.05, 4.69) is 0 Å². The molecule has 8 heteroatoms. The lowest BCUT2D eigenvalue weighted by molar-refractivity contribution is -0.248. The molecule has 0 N–H and O–H groups in total. The first kappa shape index (κ1) is 20.9. The first-order chi connectivity index (χ1) is 14.2. The van der Waals surface area contributed by atoms with E-state index in [1.165, 1.54) is 0 Å². The zero-order chi connectivity index (χ0) is 21.6. The number of benzene rings is 1. The average molecular weight is 420 g/mol. The van der Waals surface area contributed by atoms with E-state index < -0.39 is 34.8 Å². The Morgan fingerprint density at radius 2 is 1.33 bits per heavy atom. The molecule has 0 bridgehead atoms. The standard InChI is InChI=1S/C22H28O8/c1-20(2)29-18(23)17(19(24)30-20)21(5-7-22(8-6-21)27-9-10-28-22)14-11-15(25-3)13-16(12-14)26-4/h11-13,17H,5-10H2,1-4H3.